The van der Waals surface area contributed by atoms with Crippen LogP contribution in [0.15, 0.2) is 60.7 Å². The van der Waals surface area contributed by atoms with E-state index in [2.05, 4.69) is 101 Å². The summed E-state index contributed by atoms with van der Waals surface area (Å²) in [5.41, 5.74) is 0.854. The lowest BCUT2D eigenvalue weighted by Crippen LogP contribution is -2.68. The highest BCUT2D eigenvalue weighted by molar-refractivity contribution is 6.99. The molecule has 6 rings (SSSR count). The molecule has 4 saturated carbocycles. The van der Waals surface area contributed by atoms with E-state index in [1.54, 1.807) is 0 Å². The van der Waals surface area contributed by atoms with Gasteiger partial charge in [0.1, 0.15) is 0 Å². The van der Waals surface area contributed by atoms with Crippen molar-refractivity contribution < 1.29 is 4.43 Å². The van der Waals surface area contributed by atoms with Gasteiger partial charge in [-0.25, -0.2) is 0 Å². The molecule has 0 saturated heterocycles. The quantitative estimate of drug-likeness (QED) is 0.281. The first-order valence-electron chi connectivity index (χ1n) is 15.9. The van der Waals surface area contributed by atoms with Crippen molar-refractivity contribution in [3.8, 4) is 12.3 Å². The molecule has 8 atom stereocenters. The van der Waals surface area contributed by atoms with Gasteiger partial charge in [0.25, 0.3) is 8.32 Å². The van der Waals surface area contributed by atoms with Gasteiger partial charge in [-0.3, -0.25) is 0 Å². The first-order chi connectivity index (χ1) is 18.6. The molecule has 0 aliphatic heterocycles. The maximum absolute atomic E-state index is 7.68. The predicted octanol–water partition coefficient (Wildman–Crippen LogP) is 8.22. The second-order valence-electron chi connectivity index (χ2n) is 15.2. The Balaban J connectivity index is 1.28. The maximum atomic E-state index is 7.68. The van der Waals surface area contributed by atoms with Crippen LogP contribution in [0, 0.1) is 52.8 Å². The fourth-order valence-corrected chi connectivity index (χ4v) is 15.3. The lowest BCUT2D eigenvalue weighted by atomic mass is 9.44. The van der Waals surface area contributed by atoms with Crippen LogP contribution < -0.4 is 10.4 Å². The second kappa shape index (κ2) is 9.92. The molecule has 0 heterocycles. The fraction of sp³-hybridized carbons (Fsp3) is 0.622. The third-order valence-electron chi connectivity index (χ3n) is 12.6. The van der Waals surface area contributed by atoms with Crippen LogP contribution in [-0.2, 0) is 4.43 Å². The van der Waals surface area contributed by atoms with Gasteiger partial charge in [0.15, 0.2) is 0 Å². The minimum atomic E-state index is -2.51. The Morgan fingerprint density at radius 3 is 1.95 bits per heavy atom. The molecule has 4 fully saturated rings. The van der Waals surface area contributed by atoms with Gasteiger partial charge in [0, 0.05) is 12.0 Å². The third-order valence-corrected chi connectivity index (χ3v) is 17.7. The van der Waals surface area contributed by atoms with Gasteiger partial charge < -0.3 is 4.43 Å². The van der Waals surface area contributed by atoms with E-state index in [0.717, 1.165) is 23.7 Å². The van der Waals surface area contributed by atoms with Crippen LogP contribution in [-0.4, -0.2) is 14.4 Å². The van der Waals surface area contributed by atoms with Crippen molar-refractivity contribution in [2.45, 2.75) is 104 Å². The van der Waals surface area contributed by atoms with Crippen LogP contribution in [0.25, 0.3) is 0 Å². The molecular weight excluding hydrogens is 488 g/mol. The smallest absolute Gasteiger partial charge is 0.261 e. The van der Waals surface area contributed by atoms with Gasteiger partial charge in [0.2, 0.25) is 0 Å². The van der Waals surface area contributed by atoms with E-state index in [9.17, 15) is 0 Å². The molecular formula is C37H50OSi. The molecule has 0 amide bonds. The monoisotopic (exact) mass is 538 g/mol. The molecule has 0 bridgehead atoms. The van der Waals surface area contributed by atoms with E-state index in [0.29, 0.717) is 22.9 Å². The molecule has 2 heteroatoms. The molecule has 39 heavy (non-hydrogen) atoms. The summed E-state index contributed by atoms with van der Waals surface area (Å²) in [7, 11) is -2.51. The number of fused-ring (bicyclic) bond motifs is 5. The molecule has 0 spiro atoms. The van der Waals surface area contributed by atoms with Gasteiger partial charge in [-0.1, -0.05) is 95.3 Å². The van der Waals surface area contributed by atoms with Crippen LogP contribution in [0.2, 0.25) is 5.04 Å². The summed E-state index contributed by atoms with van der Waals surface area (Å²) < 4.78 is 7.68. The molecule has 4 aliphatic carbocycles. The van der Waals surface area contributed by atoms with Crippen molar-refractivity contribution in [2.24, 2.45) is 40.4 Å². The van der Waals surface area contributed by atoms with Crippen molar-refractivity contribution >= 4 is 18.7 Å². The van der Waals surface area contributed by atoms with Gasteiger partial charge in [-0.2, -0.15) is 0 Å². The minimum Gasteiger partial charge on any atom is -0.404 e. The van der Waals surface area contributed by atoms with Gasteiger partial charge in [0.05, 0.1) is 0 Å². The summed E-state index contributed by atoms with van der Waals surface area (Å²) in [6.45, 7) is 12.5. The molecule has 2 aromatic carbocycles. The predicted molar refractivity (Wildman–Crippen MR) is 167 cm³/mol. The van der Waals surface area contributed by atoms with Crippen LogP contribution in [0.1, 0.15) is 92.4 Å². The minimum absolute atomic E-state index is 0.0397. The summed E-state index contributed by atoms with van der Waals surface area (Å²) in [6.07, 6.45) is 18.3. The Bertz CT molecular complexity index is 1150. The van der Waals surface area contributed by atoms with E-state index < -0.39 is 8.32 Å². The molecule has 2 aromatic rings. The number of hydrogen-bond acceptors (Lipinski definition) is 1. The standard InChI is InChI=1S/C37H50OSi/c1-7-27-19-21-33-32-20-18-28-26-29(22-24-37(28,6)34(32)23-25-36(27,33)5)38-39(35(2,3)4,30-14-10-8-11-15-30)31-16-12-9-13-17-31/h1,8-17,27-29,32-34H,18-26H2,2-6H3/t27?,28?,29?,32-,33-,34+,36+,37-/m0/s1. The Kier molecular flexibility index (Phi) is 6.96. The highest BCUT2D eigenvalue weighted by Gasteiger charge is 2.61. The number of hydrogen-bond donors (Lipinski definition) is 0. The third kappa shape index (κ3) is 4.21. The molecule has 1 nitrogen and oxygen atoms in total. The summed E-state index contributed by atoms with van der Waals surface area (Å²) >= 11 is 0. The molecule has 0 aromatic heterocycles. The summed E-state index contributed by atoms with van der Waals surface area (Å²) in [5.74, 6) is 7.11. The Morgan fingerprint density at radius 1 is 0.769 bits per heavy atom. The number of rotatable bonds is 4. The van der Waals surface area contributed by atoms with Crippen molar-refractivity contribution in [2.75, 3.05) is 0 Å². The molecule has 0 N–H and O–H groups in total. The normalized spacial score (nSPS) is 38.3. The van der Waals surface area contributed by atoms with E-state index >= 15 is 0 Å². The largest absolute Gasteiger partial charge is 0.404 e. The van der Waals surface area contributed by atoms with Crippen LogP contribution in [0.3, 0.4) is 0 Å². The second-order valence-corrected chi connectivity index (χ2v) is 19.4. The summed E-state index contributed by atoms with van der Waals surface area (Å²) in [4.78, 5) is 0. The molecule has 0 radical (unpaired) electrons. The summed E-state index contributed by atoms with van der Waals surface area (Å²) in [6, 6.07) is 22.5. The van der Waals surface area contributed by atoms with E-state index in [1.807, 2.05) is 0 Å². The SMILES string of the molecule is C#CC1CC[C@H]2[C@@H]3CCC4CC(O[Si](c5ccccc5)(c5ccccc5)C(C)(C)C)CC[C@]4(C)[C@@H]3CC[C@]12C. The van der Waals surface area contributed by atoms with Gasteiger partial charge in [-0.05, 0) is 108 Å². The number of benzene rings is 2. The first-order valence-corrected chi connectivity index (χ1v) is 17.8. The Labute approximate surface area is 239 Å². The lowest BCUT2D eigenvalue weighted by Gasteiger charge is -2.61. The highest BCUT2D eigenvalue weighted by Crippen LogP contribution is 2.67. The first kappa shape index (κ1) is 27.4. The zero-order chi connectivity index (χ0) is 27.5. The number of terminal acetylenes is 1. The summed E-state index contributed by atoms with van der Waals surface area (Å²) in [5, 5.41) is 2.87. The van der Waals surface area contributed by atoms with E-state index in [1.165, 1.54) is 68.2 Å². The Morgan fingerprint density at radius 2 is 1.36 bits per heavy atom. The van der Waals surface area contributed by atoms with Crippen LogP contribution in [0.5, 0.6) is 0 Å². The van der Waals surface area contributed by atoms with Crippen molar-refractivity contribution in [3.05, 3.63) is 60.7 Å². The zero-order valence-corrected chi connectivity index (χ0v) is 26.1. The highest BCUT2D eigenvalue weighted by atomic mass is 28.4. The van der Waals surface area contributed by atoms with Gasteiger partial charge >= 0.3 is 0 Å². The van der Waals surface area contributed by atoms with Crippen molar-refractivity contribution in [1.82, 2.24) is 0 Å². The molecule has 4 aliphatic rings. The van der Waals surface area contributed by atoms with Crippen LogP contribution in [0.4, 0.5) is 0 Å². The topological polar surface area (TPSA) is 9.23 Å². The van der Waals surface area contributed by atoms with Gasteiger partial charge in [-0.15, -0.1) is 12.3 Å². The Hall–Kier alpha value is -1.82. The average molecular weight is 539 g/mol. The lowest BCUT2D eigenvalue weighted by molar-refractivity contribution is -0.122. The molecule has 3 unspecified atom stereocenters. The zero-order valence-electron chi connectivity index (χ0n) is 25.1. The van der Waals surface area contributed by atoms with Crippen molar-refractivity contribution in [1.29, 1.82) is 0 Å². The molecule has 208 valence electrons. The maximum Gasteiger partial charge on any atom is 0.261 e. The average Bonchev–Trinajstić information content (AvgIpc) is 3.28. The van der Waals surface area contributed by atoms with E-state index in [-0.39, 0.29) is 5.04 Å². The van der Waals surface area contributed by atoms with Crippen molar-refractivity contribution in [3.63, 3.8) is 0 Å². The fourth-order valence-electron chi connectivity index (χ4n) is 10.5. The van der Waals surface area contributed by atoms with Crippen LogP contribution >= 0.6 is 0 Å². The van der Waals surface area contributed by atoms with E-state index in [4.69, 9.17) is 10.8 Å².